The SMILES string of the molecule is COC(C=C(c1cc(C(F)(F)F)cc(C(F)(F)F)c1)c1csc2ccccc12)C(C)NC(C)=O. The summed E-state index contributed by atoms with van der Waals surface area (Å²) >= 11 is 1.31. The van der Waals surface area contributed by atoms with Gasteiger partial charge < -0.3 is 10.1 Å². The highest BCUT2D eigenvalue weighted by Gasteiger charge is 2.37. The van der Waals surface area contributed by atoms with Gasteiger partial charge in [0, 0.05) is 29.7 Å². The Bertz CT molecular complexity index is 1180. The summed E-state index contributed by atoms with van der Waals surface area (Å²) in [4.78, 5) is 11.5. The maximum absolute atomic E-state index is 13.5. The molecule has 0 aliphatic carbocycles. The molecule has 1 aromatic heterocycles. The number of thiophene rings is 1. The standard InChI is InChI=1S/C24H21F6NO2S/c1-13(31-14(2)32)21(33-3)11-19(20-12-34-22-7-5-4-6-18(20)22)15-8-16(23(25,26)27)10-17(9-15)24(28,29)30/h4-13,21H,1-3H3,(H,31,32). The summed E-state index contributed by atoms with van der Waals surface area (Å²) in [7, 11) is 1.34. The smallest absolute Gasteiger partial charge is 0.375 e. The van der Waals surface area contributed by atoms with E-state index in [-0.39, 0.29) is 23.1 Å². The molecule has 1 N–H and O–H groups in total. The zero-order valence-corrected chi connectivity index (χ0v) is 19.2. The molecule has 10 heteroatoms. The van der Waals surface area contributed by atoms with E-state index in [0.717, 1.165) is 4.70 Å². The average Bonchev–Trinajstić information content (AvgIpc) is 3.16. The minimum absolute atomic E-state index is 0.0978. The fourth-order valence-corrected chi connectivity index (χ4v) is 4.58. The van der Waals surface area contributed by atoms with Crippen LogP contribution in [0, 0.1) is 0 Å². The van der Waals surface area contributed by atoms with E-state index in [1.807, 2.05) is 6.07 Å². The number of halogens is 6. The van der Waals surface area contributed by atoms with E-state index >= 15 is 0 Å². The van der Waals surface area contributed by atoms with E-state index in [0.29, 0.717) is 23.1 Å². The summed E-state index contributed by atoms with van der Waals surface area (Å²) in [6.07, 6.45) is -9.35. The number of fused-ring (bicyclic) bond motifs is 1. The van der Waals surface area contributed by atoms with Crippen LogP contribution in [0.4, 0.5) is 26.3 Å². The molecule has 1 amide bonds. The first-order chi connectivity index (χ1) is 15.8. The van der Waals surface area contributed by atoms with Gasteiger partial charge in [0.1, 0.15) is 0 Å². The van der Waals surface area contributed by atoms with E-state index in [9.17, 15) is 31.1 Å². The van der Waals surface area contributed by atoms with Gasteiger partial charge in [-0.05, 0) is 53.8 Å². The molecular weight excluding hydrogens is 480 g/mol. The number of rotatable bonds is 6. The Labute approximate surface area is 196 Å². The third kappa shape index (κ3) is 5.79. The van der Waals surface area contributed by atoms with Gasteiger partial charge in [-0.2, -0.15) is 26.3 Å². The third-order valence-electron chi connectivity index (χ3n) is 5.20. The van der Waals surface area contributed by atoms with Crippen LogP contribution >= 0.6 is 11.3 Å². The van der Waals surface area contributed by atoms with Gasteiger partial charge in [-0.15, -0.1) is 11.3 Å². The van der Waals surface area contributed by atoms with Crippen molar-refractivity contribution >= 4 is 32.9 Å². The average molecular weight is 501 g/mol. The first-order valence-corrected chi connectivity index (χ1v) is 11.0. The van der Waals surface area contributed by atoms with E-state index < -0.39 is 35.6 Å². The molecule has 182 valence electrons. The van der Waals surface area contributed by atoms with E-state index in [2.05, 4.69) is 5.32 Å². The van der Waals surface area contributed by atoms with E-state index in [4.69, 9.17) is 4.74 Å². The number of amides is 1. The molecule has 0 aliphatic rings. The molecular formula is C24H21F6NO2S. The Hall–Kier alpha value is -2.85. The highest BCUT2D eigenvalue weighted by atomic mass is 32.1. The Balaban J connectivity index is 2.31. The van der Waals surface area contributed by atoms with Crippen molar-refractivity contribution in [2.75, 3.05) is 7.11 Å². The van der Waals surface area contributed by atoms with Crippen molar-refractivity contribution < 1.29 is 35.9 Å². The van der Waals surface area contributed by atoms with Crippen molar-refractivity contribution in [2.24, 2.45) is 0 Å². The van der Waals surface area contributed by atoms with Gasteiger partial charge >= 0.3 is 12.4 Å². The predicted octanol–water partition coefficient (Wildman–Crippen LogP) is 6.91. The first kappa shape index (κ1) is 25.8. The molecule has 0 saturated carbocycles. The highest BCUT2D eigenvalue weighted by Crippen LogP contribution is 2.41. The quantitative estimate of drug-likeness (QED) is 0.373. The summed E-state index contributed by atoms with van der Waals surface area (Å²) in [5, 5.41) is 4.99. The summed E-state index contributed by atoms with van der Waals surface area (Å²) < 4.78 is 87.5. The molecule has 2 aromatic carbocycles. The monoisotopic (exact) mass is 501 g/mol. The molecule has 0 bridgehead atoms. The summed E-state index contributed by atoms with van der Waals surface area (Å²) in [6, 6.07) is 7.96. The van der Waals surface area contributed by atoms with Gasteiger partial charge in [0.25, 0.3) is 0 Å². The van der Waals surface area contributed by atoms with Crippen molar-refractivity contribution in [3.8, 4) is 0 Å². The molecule has 0 spiro atoms. The second-order valence-corrected chi connectivity index (χ2v) is 8.62. The van der Waals surface area contributed by atoms with Crippen LogP contribution in [0.25, 0.3) is 15.7 Å². The number of carbonyl (C=O) groups excluding carboxylic acids is 1. The molecule has 3 rings (SSSR count). The van der Waals surface area contributed by atoms with Crippen LogP contribution in [0.3, 0.4) is 0 Å². The molecule has 0 radical (unpaired) electrons. The van der Waals surface area contributed by atoms with Crippen LogP contribution in [0.5, 0.6) is 0 Å². The normalized spacial score (nSPS) is 14.8. The molecule has 0 aliphatic heterocycles. The molecule has 0 saturated heterocycles. The molecule has 2 unspecified atom stereocenters. The number of methoxy groups -OCH3 is 1. The largest absolute Gasteiger partial charge is 0.416 e. The number of benzene rings is 2. The fourth-order valence-electron chi connectivity index (χ4n) is 3.62. The maximum Gasteiger partial charge on any atom is 0.416 e. The minimum atomic E-state index is -4.98. The Kier molecular flexibility index (Phi) is 7.42. The number of alkyl halides is 6. The van der Waals surface area contributed by atoms with Crippen molar-refractivity contribution in [1.82, 2.24) is 5.32 Å². The number of nitrogens with one attached hydrogen (secondary N) is 1. The number of ether oxygens (including phenoxy) is 1. The van der Waals surface area contributed by atoms with Crippen LogP contribution < -0.4 is 5.32 Å². The summed E-state index contributed by atoms with van der Waals surface area (Å²) in [5.41, 5.74) is -2.48. The van der Waals surface area contributed by atoms with E-state index in [1.54, 1.807) is 30.5 Å². The van der Waals surface area contributed by atoms with Crippen LogP contribution in [0.2, 0.25) is 0 Å². The van der Waals surface area contributed by atoms with Crippen molar-refractivity contribution in [3.63, 3.8) is 0 Å². The van der Waals surface area contributed by atoms with Gasteiger partial charge in [-0.1, -0.05) is 18.2 Å². The van der Waals surface area contributed by atoms with Crippen molar-refractivity contribution in [2.45, 2.75) is 38.3 Å². The molecule has 2 atom stereocenters. The topological polar surface area (TPSA) is 38.3 Å². The highest BCUT2D eigenvalue weighted by molar-refractivity contribution is 7.17. The van der Waals surface area contributed by atoms with Crippen LogP contribution in [-0.4, -0.2) is 25.2 Å². The molecule has 1 heterocycles. The van der Waals surface area contributed by atoms with E-state index in [1.165, 1.54) is 31.4 Å². The first-order valence-electron chi connectivity index (χ1n) is 10.1. The summed E-state index contributed by atoms with van der Waals surface area (Å²) in [5.74, 6) is -0.357. The lowest BCUT2D eigenvalue weighted by Gasteiger charge is -2.23. The molecule has 34 heavy (non-hydrogen) atoms. The lowest BCUT2D eigenvalue weighted by molar-refractivity contribution is -0.143. The van der Waals surface area contributed by atoms with Crippen LogP contribution in [0.15, 0.2) is 53.9 Å². The van der Waals surface area contributed by atoms with Crippen LogP contribution in [0.1, 0.15) is 36.1 Å². The predicted molar refractivity (Wildman–Crippen MR) is 119 cm³/mol. The molecule has 3 aromatic rings. The van der Waals surface area contributed by atoms with Crippen LogP contribution in [-0.2, 0) is 21.9 Å². The summed E-state index contributed by atoms with van der Waals surface area (Å²) in [6.45, 7) is 2.92. The van der Waals surface area contributed by atoms with Gasteiger partial charge in [0.2, 0.25) is 5.91 Å². The molecule has 0 fully saturated rings. The molecule has 3 nitrogen and oxygen atoms in total. The minimum Gasteiger partial charge on any atom is -0.375 e. The number of hydrogen-bond donors (Lipinski definition) is 1. The zero-order valence-electron chi connectivity index (χ0n) is 18.3. The Morgan fingerprint density at radius 2 is 1.62 bits per heavy atom. The van der Waals surface area contributed by atoms with Gasteiger partial charge in [0.05, 0.1) is 23.3 Å². The number of carbonyl (C=O) groups is 1. The zero-order chi connectivity index (χ0) is 25.3. The number of hydrogen-bond acceptors (Lipinski definition) is 3. The van der Waals surface area contributed by atoms with Gasteiger partial charge in [-0.3, -0.25) is 4.79 Å². The third-order valence-corrected chi connectivity index (χ3v) is 6.16. The fraction of sp³-hybridized carbons (Fsp3) is 0.292. The lowest BCUT2D eigenvalue weighted by atomic mass is 9.92. The van der Waals surface area contributed by atoms with Gasteiger partial charge in [-0.25, -0.2) is 0 Å². The Morgan fingerprint density at radius 1 is 1.03 bits per heavy atom. The van der Waals surface area contributed by atoms with Crippen molar-refractivity contribution in [1.29, 1.82) is 0 Å². The van der Waals surface area contributed by atoms with Gasteiger partial charge in [0.15, 0.2) is 0 Å². The maximum atomic E-state index is 13.5. The second kappa shape index (κ2) is 9.79. The van der Waals surface area contributed by atoms with Crippen molar-refractivity contribution in [3.05, 3.63) is 76.2 Å². The Morgan fingerprint density at radius 3 is 2.15 bits per heavy atom. The lowest BCUT2D eigenvalue weighted by Crippen LogP contribution is -2.40. The second-order valence-electron chi connectivity index (χ2n) is 7.71.